The lowest BCUT2D eigenvalue weighted by molar-refractivity contribution is -0.193. The summed E-state index contributed by atoms with van der Waals surface area (Å²) >= 11 is 6.86. The van der Waals surface area contributed by atoms with Crippen molar-refractivity contribution in [2.45, 2.75) is 33.6 Å². The van der Waals surface area contributed by atoms with E-state index in [1.54, 1.807) is 0 Å². The standard InChI is InChI=1S/C9H11Br.C8H9Br.2CO2/c1-3-8-4-7(2)5-9(10)6-8;1-2-7-4-3-5-8(9)6-7;2*2-1-3/h4-6H,3H2,1-2H3;3-6H,2H2,1H3;;. The first-order valence-electron chi connectivity index (χ1n) is 7.37. The highest BCUT2D eigenvalue weighted by Gasteiger charge is 1.92. The highest BCUT2D eigenvalue weighted by molar-refractivity contribution is 9.10. The maximum atomic E-state index is 8.12. The van der Waals surface area contributed by atoms with Crippen LogP contribution in [-0.4, -0.2) is 12.3 Å². The zero-order valence-electron chi connectivity index (χ0n) is 14.3. The molecule has 0 unspecified atom stereocenters. The minimum atomic E-state index is 0.250. The summed E-state index contributed by atoms with van der Waals surface area (Å²) in [7, 11) is 0. The van der Waals surface area contributed by atoms with Crippen LogP contribution < -0.4 is 0 Å². The summed E-state index contributed by atoms with van der Waals surface area (Å²) in [6.07, 6.45) is 2.72. The Balaban J connectivity index is 0. The lowest BCUT2D eigenvalue weighted by atomic mass is 10.1. The zero-order valence-corrected chi connectivity index (χ0v) is 17.5. The Morgan fingerprint density at radius 3 is 1.60 bits per heavy atom. The Morgan fingerprint density at radius 1 is 0.760 bits per heavy atom. The second kappa shape index (κ2) is 17.0. The molecule has 0 aromatic heterocycles. The minimum absolute atomic E-state index is 0.250. The van der Waals surface area contributed by atoms with Crippen molar-refractivity contribution in [1.29, 1.82) is 0 Å². The minimum Gasteiger partial charge on any atom is -0.186 e. The van der Waals surface area contributed by atoms with E-state index in [0.717, 1.165) is 12.8 Å². The fraction of sp³-hybridized carbons (Fsp3) is 0.263. The smallest absolute Gasteiger partial charge is 0.186 e. The van der Waals surface area contributed by atoms with E-state index >= 15 is 0 Å². The first kappa shape index (κ1) is 25.4. The average molecular weight is 472 g/mol. The topological polar surface area (TPSA) is 68.3 Å². The maximum absolute atomic E-state index is 8.12. The number of aryl methyl sites for hydroxylation is 3. The van der Waals surface area contributed by atoms with Gasteiger partial charge in [-0.25, -0.2) is 0 Å². The largest absolute Gasteiger partial charge is 0.373 e. The molecule has 0 bridgehead atoms. The van der Waals surface area contributed by atoms with E-state index in [1.165, 1.54) is 25.6 Å². The molecular weight excluding hydrogens is 452 g/mol. The summed E-state index contributed by atoms with van der Waals surface area (Å²) in [5.41, 5.74) is 4.10. The van der Waals surface area contributed by atoms with Crippen LogP contribution in [0.5, 0.6) is 0 Å². The highest BCUT2D eigenvalue weighted by Crippen LogP contribution is 2.15. The third-order valence-electron chi connectivity index (χ3n) is 2.81. The lowest BCUT2D eigenvalue weighted by Gasteiger charge is -1.99. The normalized spacial score (nSPS) is 8.04. The van der Waals surface area contributed by atoms with Crippen LogP contribution in [0.25, 0.3) is 0 Å². The molecule has 25 heavy (non-hydrogen) atoms. The van der Waals surface area contributed by atoms with Gasteiger partial charge in [-0.1, -0.05) is 63.9 Å². The molecule has 0 aliphatic carbocycles. The number of halogens is 2. The lowest BCUT2D eigenvalue weighted by Crippen LogP contribution is -1.81. The number of carbonyl (C=O) groups excluding carboxylic acids is 4. The molecule has 134 valence electrons. The van der Waals surface area contributed by atoms with Gasteiger partial charge in [0.1, 0.15) is 0 Å². The van der Waals surface area contributed by atoms with Crippen LogP contribution >= 0.6 is 31.9 Å². The molecule has 0 aliphatic rings. The molecule has 0 heterocycles. The van der Waals surface area contributed by atoms with Gasteiger partial charge in [-0.2, -0.15) is 19.2 Å². The van der Waals surface area contributed by atoms with E-state index in [4.69, 9.17) is 19.2 Å². The van der Waals surface area contributed by atoms with E-state index in [-0.39, 0.29) is 12.3 Å². The highest BCUT2D eigenvalue weighted by atomic mass is 79.9. The quantitative estimate of drug-likeness (QED) is 0.606. The Bertz CT molecular complexity index is 655. The Hall–Kier alpha value is -1.84. The van der Waals surface area contributed by atoms with Crippen LogP contribution in [0, 0.1) is 6.92 Å². The average Bonchev–Trinajstić information content (AvgIpc) is 2.56. The van der Waals surface area contributed by atoms with Crippen molar-refractivity contribution in [1.82, 2.24) is 0 Å². The van der Waals surface area contributed by atoms with Crippen molar-refractivity contribution in [2.75, 3.05) is 0 Å². The predicted molar refractivity (Wildman–Crippen MR) is 102 cm³/mol. The second-order valence-electron chi connectivity index (χ2n) is 4.64. The molecule has 2 aromatic carbocycles. The van der Waals surface area contributed by atoms with E-state index in [9.17, 15) is 0 Å². The summed E-state index contributed by atoms with van der Waals surface area (Å²) in [5, 5.41) is 0. The summed E-state index contributed by atoms with van der Waals surface area (Å²) in [6, 6.07) is 14.9. The predicted octanol–water partition coefficient (Wildman–Crippen LogP) is 5.16. The van der Waals surface area contributed by atoms with E-state index in [1.807, 2.05) is 6.07 Å². The number of benzene rings is 2. The summed E-state index contributed by atoms with van der Waals surface area (Å²) in [6.45, 7) is 6.44. The maximum Gasteiger partial charge on any atom is 0.373 e. The second-order valence-corrected chi connectivity index (χ2v) is 6.47. The molecule has 2 rings (SSSR count). The Morgan fingerprint density at radius 2 is 1.24 bits per heavy atom. The molecule has 0 saturated heterocycles. The van der Waals surface area contributed by atoms with Crippen LogP contribution in [0.15, 0.2) is 51.4 Å². The summed E-state index contributed by atoms with van der Waals surface area (Å²) in [4.78, 5) is 32.5. The van der Waals surface area contributed by atoms with Gasteiger partial charge < -0.3 is 0 Å². The van der Waals surface area contributed by atoms with Gasteiger partial charge >= 0.3 is 12.3 Å². The van der Waals surface area contributed by atoms with Crippen LogP contribution in [0.3, 0.4) is 0 Å². The van der Waals surface area contributed by atoms with Crippen LogP contribution in [0.2, 0.25) is 0 Å². The summed E-state index contributed by atoms with van der Waals surface area (Å²) < 4.78 is 2.35. The van der Waals surface area contributed by atoms with Gasteiger partial charge in [0.05, 0.1) is 0 Å². The van der Waals surface area contributed by atoms with Crippen molar-refractivity contribution in [3.05, 3.63) is 68.1 Å². The van der Waals surface area contributed by atoms with E-state index < -0.39 is 0 Å². The van der Waals surface area contributed by atoms with Crippen molar-refractivity contribution in [2.24, 2.45) is 0 Å². The fourth-order valence-corrected chi connectivity index (χ4v) is 2.87. The molecule has 6 heteroatoms. The van der Waals surface area contributed by atoms with Crippen LogP contribution in [-0.2, 0) is 32.0 Å². The first-order valence-corrected chi connectivity index (χ1v) is 8.96. The van der Waals surface area contributed by atoms with Gasteiger partial charge in [-0.15, -0.1) is 0 Å². The van der Waals surface area contributed by atoms with Crippen molar-refractivity contribution < 1.29 is 19.2 Å². The number of hydrogen-bond acceptors (Lipinski definition) is 4. The van der Waals surface area contributed by atoms with Gasteiger partial charge in [-0.3, -0.25) is 0 Å². The van der Waals surface area contributed by atoms with Gasteiger partial charge in [0.25, 0.3) is 0 Å². The zero-order chi connectivity index (χ0) is 19.7. The number of hydrogen-bond donors (Lipinski definition) is 0. The van der Waals surface area contributed by atoms with Crippen molar-refractivity contribution in [3.63, 3.8) is 0 Å². The molecule has 0 radical (unpaired) electrons. The monoisotopic (exact) mass is 470 g/mol. The Kier molecular flexibility index (Phi) is 17.3. The fourth-order valence-electron chi connectivity index (χ4n) is 1.77. The van der Waals surface area contributed by atoms with Crippen LogP contribution in [0.4, 0.5) is 0 Å². The molecule has 0 fully saturated rings. The van der Waals surface area contributed by atoms with Crippen LogP contribution in [0.1, 0.15) is 30.5 Å². The van der Waals surface area contributed by atoms with Gasteiger partial charge in [0.15, 0.2) is 0 Å². The Labute approximate surface area is 164 Å². The number of rotatable bonds is 2. The molecule has 0 aliphatic heterocycles. The van der Waals surface area contributed by atoms with Crippen molar-refractivity contribution >= 4 is 44.2 Å². The molecule has 2 aromatic rings. The first-order chi connectivity index (χ1) is 11.9. The molecule has 0 atom stereocenters. The molecule has 0 N–H and O–H groups in total. The molecule has 0 spiro atoms. The third kappa shape index (κ3) is 15.4. The molecule has 4 nitrogen and oxygen atoms in total. The third-order valence-corrected chi connectivity index (χ3v) is 3.76. The molecule has 0 amide bonds. The van der Waals surface area contributed by atoms with Gasteiger partial charge in [-0.05, 0) is 60.7 Å². The SMILES string of the molecule is CCc1cc(C)cc(Br)c1.CCc1cccc(Br)c1.O=C=O.O=C=O. The summed E-state index contributed by atoms with van der Waals surface area (Å²) in [5.74, 6) is 0. The van der Waals surface area contributed by atoms with Gasteiger partial charge in [0, 0.05) is 8.95 Å². The van der Waals surface area contributed by atoms with E-state index in [2.05, 4.69) is 89.0 Å². The van der Waals surface area contributed by atoms with Crippen molar-refractivity contribution in [3.8, 4) is 0 Å². The van der Waals surface area contributed by atoms with E-state index in [0.29, 0.717) is 0 Å². The van der Waals surface area contributed by atoms with Gasteiger partial charge in [0.2, 0.25) is 0 Å². The molecule has 0 saturated carbocycles. The molecular formula is C19H20Br2O4.